The maximum atomic E-state index is 5.79. The molecular weight excluding hydrogens is 290 g/mol. The summed E-state index contributed by atoms with van der Waals surface area (Å²) in [6.45, 7) is 0. The predicted octanol–water partition coefficient (Wildman–Crippen LogP) is 4.94. The van der Waals surface area contributed by atoms with Gasteiger partial charge in [-0.3, -0.25) is 0 Å². The van der Waals surface area contributed by atoms with Crippen LogP contribution in [0.3, 0.4) is 0 Å². The molecule has 3 aromatic rings. The number of para-hydroxylation sites is 1. The molecule has 0 amide bonds. The van der Waals surface area contributed by atoms with Gasteiger partial charge in [0.2, 0.25) is 0 Å². The molecule has 0 radical (unpaired) electrons. The Morgan fingerprint density at radius 2 is 1.65 bits per heavy atom. The first-order valence-corrected chi connectivity index (χ1v) is 7.48. The van der Waals surface area contributed by atoms with E-state index in [0.29, 0.717) is 6.42 Å². The number of hydrogen-bond acceptors (Lipinski definition) is 4. The third kappa shape index (κ3) is 2.97. The Morgan fingerprint density at radius 3 is 2.39 bits per heavy atom. The summed E-state index contributed by atoms with van der Waals surface area (Å²) >= 11 is 0. The molecule has 0 fully saturated rings. The lowest BCUT2D eigenvalue weighted by Gasteiger charge is -2.06. The van der Waals surface area contributed by atoms with Crippen molar-refractivity contribution < 1.29 is 14.0 Å². The monoisotopic (exact) mass is 305 g/mol. The van der Waals surface area contributed by atoms with Gasteiger partial charge in [0.25, 0.3) is 0 Å². The standard InChI is InChI=1S/C19H15NO3/c1-2-5-15(6-3-1)22-16-10-8-14(9-11-16)17-13-19(23-20-17)18-7-4-12-21-18/h1-12,19H,13H2. The maximum absolute atomic E-state index is 5.79. The summed E-state index contributed by atoms with van der Waals surface area (Å²) in [6.07, 6.45) is 2.21. The number of oxime groups is 1. The second-order valence-electron chi connectivity index (χ2n) is 5.29. The van der Waals surface area contributed by atoms with Crippen molar-refractivity contribution in [2.24, 2.45) is 5.16 Å². The molecule has 1 aliphatic rings. The Bertz CT molecular complexity index is 792. The van der Waals surface area contributed by atoms with Gasteiger partial charge in [-0.15, -0.1) is 0 Å². The number of nitrogens with zero attached hydrogens (tertiary/aromatic N) is 1. The van der Waals surface area contributed by atoms with E-state index in [-0.39, 0.29) is 6.10 Å². The lowest BCUT2D eigenvalue weighted by molar-refractivity contribution is 0.0689. The number of hydrogen-bond donors (Lipinski definition) is 0. The molecule has 23 heavy (non-hydrogen) atoms. The Kier molecular flexibility index (Phi) is 3.56. The Balaban J connectivity index is 1.44. The topological polar surface area (TPSA) is 44.0 Å². The van der Waals surface area contributed by atoms with E-state index >= 15 is 0 Å². The predicted molar refractivity (Wildman–Crippen MR) is 86.6 cm³/mol. The van der Waals surface area contributed by atoms with Crippen LogP contribution >= 0.6 is 0 Å². The van der Waals surface area contributed by atoms with Gasteiger partial charge < -0.3 is 14.0 Å². The van der Waals surface area contributed by atoms with Gasteiger partial charge in [-0.05, 0) is 54.1 Å². The van der Waals surface area contributed by atoms with Crippen molar-refractivity contribution in [1.29, 1.82) is 0 Å². The van der Waals surface area contributed by atoms with E-state index in [1.54, 1.807) is 6.26 Å². The zero-order chi connectivity index (χ0) is 15.5. The van der Waals surface area contributed by atoms with Gasteiger partial charge in [0.05, 0.1) is 12.0 Å². The molecule has 4 heteroatoms. The van der Waals surface area contributed by atoms with Crippen molar-refractivity contribution >= 4 is 5.71 Å². The summed E-state index contributed by atoms with van der Waals surface area (Å²) < 4.78 is 11.2. The normalized spacial score (nSPS) is 16.7. The average Bonchev–Trinajstić information content (AvgIpc) is 3.28. The van der Waals surface area contributed by atoms with Gasteiger partial charge in [-0.1, -0.05) is 23.4 Å². The third-order valence-corrected chi connectivity index (χ3v) is 3.70. The van der Waals surface area contributed by atoms with Gasteiger partial charge in [-0.2, -0.15) is 0 Å². The van der Waals surface area contributed by atoms with Crippen LogP contribution in [0.2, 0.25) is 0 Å². The first-order valence-electron chi connectivity index (χ1n) is 7.48. The third-order valence-electron chi connectivity index (χ3n) is 3.70. The second-order valence-corrected chi connectivity index (χ2v) is 5.29. The number of benzene rings is 2. The summed E-state index contributed by atoms with van der Waals surface area (Å²) in [5.41, 5.74) is 1.94. The molecule has 1 atom stereocenters. The Labute approximate surface area is 134 Å². The molecule has 0 saturated carbocycles. The smallest absolute Gasteiger partial charge is 0.190 e. The molecule has 2 heterocycles. The fraction of sp³-hybridized carbons (Fsp3) is 0.105. The molecule has 0 N–H and O–H groups in total. The van der Waals surface area contributed by atoms with Crippen LogP contribution in [-0.2, 0) is 4.84 Å². The summed E-state index contributed by atoms with van der Waals surface area (Å²) in [4.78, 5) is 5.45. The van der Waals surface area contributed by atoms with Crippen molar-refractivity contribution in [2.75, 3.05) is 0 Å². The molecule has 0 bridgehead atoms. The highest BCUT2D eigenvalue weighted by molar-refractivity contribution is 6.01. The zero-order valence-electron chi connectivity index (χ0n) is 12.4. The molecule has 4 nitrogen and oxygen atoms in total. The first-order chi connectivity index (χ1) is 11.4. The van der Waals surface area contributed by atoms with Gasteiger partial charge in [0.1, 0.15) is 17.3 Å². The lowest BCUT2D eigenvalue weighted by atomic mass is 10.0. The molecule has 1 aliphatic heterocycles. The van der Waals surface area contributed by atoms with E-state index in [0.717, 1.165) is 28.5 Å². The summed E-state index contributed by atoms with van der Waals surface area (Å²) in [6, 6.07) is 21.3. The summed E-state index contributed by atoms with van der Waals surface area (Å²) in [7, 11) is 0. The SMILES string of the molecule is c1ccc(Oc2ccc(C3=NOC(c4ccco4)C3)cc2)cc1. The molecule has 0 saturated heterocycles. The van der Waals surface area contributed by atoms with Gasteiger partial charge in [0, 0.05) is 6.42 Å². The van der Waals surface area contributed by atoms with Crippen molar-refractivity contribution in [2.45, 2.75) is 12.5 Å². The van der Waals surface area contributed by atoms with E-state index in [9.17, 15) is 0 Å². The second kappa shape index (κ2) is 6.01. The maximum Gasteiger partial charge on any atom is 0.190 e. The number of furan rings is 1. The van der Waals surface area contributed by atoms with Crippen molar-refractivity contribution in [3.8, 4) is 11.5 Å². The number of rotatable bonds is 4. The fourth-order valence-electron chi connectivity index (χ4n) is 2.51. The van der Waals surface area contributed by atoms with Crippen LogP contribution < -0.4 is 4.74 Å². The summed E-state index contributed by atoms with van der Waals surface area (Å²) in [5.74, 6) is 2.41. The minimum Gasteiger partial charge on any atom is -0.465 e. The van der Waals surface area contributed by atoms with E-state index in [1.807, 2.05) is 66.7 Å². The van der Waals surface area contributed by atoms with Crippen LogP contribution in [0.1, 0.15) is 23.8 Å². The average molecular weight is 305 g/mol. The molecule has 1 unspecified atom stereocenters. The van der Waals surface area contributed by atoms with Crippen LogP contribution in [0.25, 0.3) is 0 Å². The highest BCUT2D eigenvalue weighted by Crippen LogP contribution is 2.30. The molecule has 2 aromatic carbocycles. The quantitative estimate of drug-likeness (QED) is 0.686. The Hall–Kier alpha value is -3.01. The molecule has 0 spiro atoms. The van der Waals surface area contributed by atoms with E-state index in [4.69, 9.17) is 14.0 Å². The minimum absolute atomic E-state index is 0.139. The fourth-order valence-corrected chi connectivity index (χ4v) is 2.51. The first kappa shape index (κ1) is 13.6. The molecule has 0 aliphatic carbocycles. The van der Waals surface area contributed by atoms with E-state index in [2.05, 4.69) is 5.16 Å². The van der Waals surface area contributed by atoms with Crippen LogP contribution in [0.5, 0.6) is 11.5 Å². The van der Waals surface area contributed by atoms with Gasteiger partial charge in [-0.25, -0.2) is 0 Å². The minimum atomic E-state index is -0.139. The van der Waals surface area contributed by atoms with E-state index in [1.165, 1.54) is 0 Å². The molecular formula is C19H15NO3. The van der Waals surface area contributed by atoms with Crippen LogP contribution in [0.15, 0.2) is 82.6 Å². The van der Waals surface area contributed by atoms with Crippen LogP contribution in [0, 0.1) is 0 Å². The molecule has 1 aromatic heterocycles. The van der Waals surface area contributed by atoms with Crippen LogP contribution in [0.4, 0.5) is 0 Å². The van der Waals surface area contributed by atoms with E-state index < -0.39 is 0 Å². The van der Waals surface area contributed by atoms with Gasteiger partial charge >= 0.3 is 0 Å². The number of ether oxygens (including phenoxy) is 1. The molecule has 4 rings (SSSR count). The van der Waals surface area contributed by atoms with Crippen molar-refractivity contribution in [1.82, 2.24) is 0 Å². The van der Waals surface area contributed by atoms with Crippen molar-refractivity contribution in [3.05, 3.63) is 84.3 Å². The highest BCUT2D eigenvalue weighted by atomic mass is 16.6. The molecule has 114 valence electrons. The zero-order valence-corrected chi connectivity index (χ0v) is 12.4. The highest BCUT2D eigenvalue weighted by Gasteiger charge is 2.25. The van der Waals surface area contributed by atoms with Crippen molar-refractivity contribution in [3.63, 3.8) is 0 Å². The van der Waals surface area contributed by atoms with Gasteiger partial charge in [0.15, 0.2) is 6.10 Å². The summed E-state index contributed by atoms with van der Waals surface area (Å²) in [5, 5.41) is 4.17. The largest absolute Gasteiger partial charge is 0.465 e. The lowest BCUT2D eigenvalue weighted by Crippen LogP contribution is -2.00. The van der Waals surface area contributed by atoms with Crippen LogP contribution in [-0.4, -0.2) is 5.71 Å². The Morgan fingerprint density at radius 1 is 0.870 bits per heavy atom.